The van der Waals surface area contributed by atoms with Gasteiger partial charge in [-0.3, -0.25) is 0 Å². The number of halogens is 2. The standard InChI is InChI=1S/C13H16F2O2/c14-12(15)9-5-2-6-10-17-13(16)11-7-3-1-4-8-11/h1,3-4,7-8,12H,2,5-6,9-10H2. The lowest BCUT2D eigenvalue weighted by molar-refractivity contribution is 0.0494. The van der Waals surface area contributed by atoms with Gasteiger partial charge in [-0.1, -0.05) is 18.2 Å². The predicted octanol–water partition coefficient (Wildman–Crippen LogP) is 3.67. The van der Waals surface area contributed by atoms with E-state index in [1.807, 2.05) is 6.07 Å². The first-order chi connectivity index (χ1) is 8.20. The highest BCUT2D eigenvalue weighted by molar-refractivity contribution is 5.89. The maximum absolute atomic E-state index is 11.8. The van der Waals surface area contributed by atoms with Crippen LogP contribution in [0.15, 0.2) is 30.3 Å². The highest BCUT2D eigenvalue weighted by atomic mass is 19.3. The molecule has 0 unspecified atom stereocenters. The van der Waals surface area contributed by atoms with E-state index in [9.17, 15) is 13.6 Å². The topological polar surface area (TPSA) is 26.3 Å². The van der Waals surface area contributed by atoms with Crippen LogP contribution in [-0.2, 0) is 4.74 Å². The molecule has 4 heteroatoms. The van der Waals surface area contributed by atoms with Crippen molar-refractivity contribution in [3.63, 3.8) is 0 Å². The first-order valence-corrected chi connectivity index (χ1v) is 5.70. The molecule has 17 heavy (non-hydrogen) atoms. The van der Waals surface area contributed by atoms with Crippen LogP contribution in [0.2, 0.25) is 0 Å². The zero-order valence-corrected chi connectivity index (χ0v) is 9.57. The van der Waals surface area contributed by atoms with Crippen LogP contribution in [0, 0.1) is 0 Å². The number of ether oxygens (including phenoxy) is 1. The molecule has 0 radical (unpaired) electrons. The van der Waals surface area contributed by atoms with Gasteiger partial charge < -0.3 is 4.74 Å². The van der Waals surface area contributed by atoms with Gasteiger partial charge in [0, 0.05) is 6.42 Å². The molecule has 2 nitrogen and oxygen atoms in total. The molecule has 0 saturated heterocycles. The Labute approximate surface area is 99.6 Å². The normalized spacial score (nSPS) is 10.5. The summed E-state index contributed by atoms with van der Waals surface area (Å²) in [5.41, 5.74) is 0.514. The number of rotatable bonds is 7. The highest BCUT2D eigenvalue weighted by Gasteiger charge is 2.05. The molecule has 0 fully saturated rings. The van der Waals surface area contributed by atoms with Gasteiger partial charge in [-0.25, -0.2) is 13.6 Å². The molecular formula is C13H16F2O2. The molecule has 0 amide bonds. The Hall–Kier alpha value is -1.45. The third-order valence-electron chi connectivity index (χ3n) is 2.31. The molecule has 1 aromatic carbocycles. The molecule has 1 aromatic rings. The second-order valence-electron chi connectivity index (χ2n) is 3.74. The van der Waals surface area contributed by atoms with Crippen molar-refractivity contribution in [2.45, 2.75) is 32.1 Å². The summed E-state index contributed by atoms with van der Waals surface area (Å²) in [4.78, 5) is 11.4. The molecule has 0 bridgehead atoms. The van der Waals surface area contributed by atoms with Gasteiger partial charge in [0.2, 0.25) is 6.43 Å². The Bertz CT molecular complexity index is 325. The number of hydrogen-bond acceptors (Lipinski definition) is 2. The van der Waals surface area contributed by atoms with Crippen molar-refractivity contribution in [3.8, 4) is 0 Å². The van der Waals surface area contributed by atoms with Crippen molar-refractivity contribution in [2.75, 3.05) is 6.61 Å². The van der Waals surface area contributed by atoms with Crippen LogP contribution < -0.4 is 0 Å². The second-order valence-corrected chi connectivity index (χ2v) is 3.74. The number of benzene rings is 1. The van der Waals surface area contributed by atoms with Crippen molar-refractivity contribution >= 4 is 5.97 Å². The van der Waals surface area contributed by atoms with Crippen LogP contribution in [0.1, 0.15) is 36.0 Å². The van der Waals surface area contributed by atoms with Gasteiger partial charge in [0.05, 0.1) is 12.2 Å². The quantitative estimate of drug-likeness (QED) is 0.538. The van der Waals surface area contributed by atoms with Crippen LogP contribution in [0.5, 0.6) is 0 Å². The molecule has 0 aliphatic carbocycles. The van der Waals surface area contributed by atoms with Crippen LogP contribution in [-0.4, -0.2) is 19.0 Å². The Morgan fingerprint density at radius 1 is 1.12 bits per heavy atom. The Balaban J connectivity index is 2.09. The summed E-state index contributed by atoms with van der Waals surface area (Å²) in [5.74, 6) is -0.362. The third kappa shape index (κ3) is 6.00. The highest BCUT2D eigenvalue weighted by Crippen LogP contribution is 2.08. The largest absolute Gasteiger partial charge is 0.462 e. The van der Waals surface area contributed by atoms with Gasteiger partial charge >= 0.3 is 5.97 Å². The molecule has 0 aliphatic rings. The average Bonchev–Trinajstić information content (AvgIpc) is 2.34. The van der Waals surface area contributed by atoms with E-state index in [-0.39, 0.29) is 19.0 Å². The molecule has 0 N–H and O–H groups in total. The van der Waals surface area contributed by atoms with Crippen molar-refractivity contribution in [1.82, 2.24) is 0 Å². The van der Waals surface area contributed by atoms with E-state index in [0.29, 0.717) is 24.8 Å². The van der Waals surface area contributed by atoms with Gasteiger partial charge in [-0.2, -0.15) is 0 Å². The summed E-state index contributed by atoms with van der Waals surface area (Å²) < 4.78 is 28.6. The Morgan fingerprint density at radius 2 is 1.82 bits per heavy atom. The van der Waals surface area contributed by atoms with Gasteiger partial charge in [0.15, 0.2) is 0 Å². The first kappa shape index (κ1) is 13.6. The zero-order chi connectivity index (χ0) is 12.5. The van der Waals surface area contributed by atoms with E-state index in [1.165, 1.54) is 0 Å². The van der Waals surface area contributed by atoms with E-state index in [4.69, 9.17) is 4.74 Å². The fraction of sp³-hybridized carbons (Fsp3) is 0.462. The molecule has 0 aliphatic heterocycles. The van der Waals surface area contributed by atoms with E-state index in [1.54, 1.807) is 24.3 Å². The number of carbonyl (C=O) groups is 1. The number of esters is 1. The summed E-state index contributed by atoms with van der Waals surface area (Å²) in [7, 11) is 0. The summed E-state index contributed by atoms with van der Waals surface area (Å²) >= 11 is 0. The average molecular weight is 242 g/mol. The summed E-state index contributed by atoms with van der Waals surface area (Å²) in [5, 5.41) is 0. The monoisotopic (exact) mass is 242 g/mol. The fourth-order valence-electron chi connectivity index (χ4n) is 1.40. The molecule has 0 saturated carbocycles. The van der Waals surface area contributed by atoms with Gasteiger partial charge in [0.25, 0.3) is 0 Å². The predicted molar refractivity (Wildman–Crippen MR) is 61.2 cm³/mol. The maximum Gasteiger partial charge on any atom is 0.338 e. The van der Waals surface area contributed by atoms with Gasteiger partial charge in [-0.05, 0) is 31.4 Å². The van der Waals surface area contributed by atoms with Crippen LogP contribution >= 0.6 is 0 Å². The minimum atomic E-state index is -2.23. The van der Waals surface area contributed by atoms with E-state index in [0.717, 1.165) is 0 Å². The van der Waals surface area contributed by atoms with Crippen molar-refractivity contribution in [1.29, 1.82) is 0 Å². The summed E-state index contributed by atoms with van der Waals surface area (Å²) in [6, 6.07) is 8.71. The van der Waals surface area contributed by atoms with Crippen molar-refractivity contribution < 1.29 is 18.3 Å². The lowest BCUT2D eigenvalue weighted by Gasteiger charge is -2.04. The van der Waals surface area contributed by atoms with Crippen LogP contribution in [0.25, 0.3) is 0 Å². The zero-order valence-electron chi connectivity index (χ0n) is 9.57. The minimum Gasteiger partial charge on any atom is -0.462 e. The number of alkyl halides is 2. The van der Waals surface area contributed by atoms with E-state index >= 15 is 0 Å². The first-order valence-electron chi connectivity index (χ1n) is 5.70. The van der Waals surface area contributed by atoms with Gasteiger partial charge in [0.1, 0.15) is 0 Å². The lowest BCUT2D eigenvalue weighted by Crippen LogP contribution is -2.06. The van der Waals surface area contributed by atoms with Crippen LogP contribution in [0.3, 0.4) is 0 Å². The molecule has 0 spiro atoms. The van der Waals surface area contributed by atoms with Crippen LogP contribution in [0.4, 0.5) is 8.78 Å². The van der Waals surface area contributed by atoms with Gasteiger partial charge in [-0.15, -0.1) is 0 Å². The smallest absolute Gasteiger partial charge is 0.338 e. The molecule has 0 heterocycles. The van der Waals surface area contributed by atoms with Crippen molar-refractivity contribution in [2.24, 2.45) is 0 Å². The molecular weight excluding hydrogens is 226 g/mol. The summed E-state index contributed by atoms with van der Waals surface area (Å²) in [6.07, 6.45) is -0.549. The Morgan fingerprint density at radius 3 is 2.47 bits per heavy atom. The second kappa shape index (κ2) is 7.76. The van der Waals surface area contributed by atoms with E-state index < -0.39 is 6.43 Å². The molecule has 1 rings (SSSR count). The Kier molecular flexibility index (Phi) is 6.22. The van der Waals surface area contributed by atoms with E-state index in [2.05, 4.69) is 0 Å². The fourth-order valence-corrected chi connectivity index (χ4v) is 1.40. The number of unbranched alkanes of at least 4 members (excludes halogenated alkanes) is 2. The third-order valence-corrected chi connectivity index (χ3v) is 2.31. The number of hydrogen-bond donors (Lipinski definition) is 0. The lowest BCUT2D eigenvalue weighted by atomic mass is 10.2. The number of carbonyl (C=O) groups excluding carboxylic acids is 1. The SMILES string of the molecule is O=C(OCCCCCC(F)F)c1ccccc1. The molecule has 94 valence electrons. The molecule has 0 atom stereocenters. The van der Waals surface area contributed by atoms with Crippen molar-refractivity contribution in [3.05, 3.63) is 35.9 Å². The summed E-state index contributed by atoms with van der Waals surface area (Å²) in [6.45, 7) is 0.289. The maximum atomic E-state index is 11.8. The molecule has 0 aromatic heterocycles. The minimum absolute atomic E-state index is 0.0768.